The second-order valence-corrected chi connectivity index (χ2v) is 7.39. The highest BCUT2D eigenvalue weighted by Crippen LogP contribution is 2.25. The van der Waals surface area contributed by atoms with Crippen molar-refractivity contribution in [1.29, 1.82) is 0 Å². The van der Waals surface area contributed by atoms with Crippen LogP contribution in [-0.4, -0.2) is 30.1 Å². The number of aromatic nitrogens is 1. The number of hydrogen-bond acceptors (Lipinski definition) is 5. The third-order valence-corrected chi connectivity index (χ3v) is 5.46. The molecule has 1 aromatic heterocycles. The molecule has 0 radical (unpaired) electrons. The van der Waals surface area contributed by atoms with E-state index in [1.807, 2.05) is 24.3 Å². The molecule has 5 nitrogen and oxygen atoms in total. The van der Waals surface area contributed by atoms with Crippen LogP contribution in [0.2, 0.25) is 5.02 Å². The molecule has 0 spiro atoms. The molecule has 1 saturated heterocycles. The Morgan fingerprint density at radius 1 is 1.40 bits per heavy atom. The summed E-state index contributed by atoms with van der Waals surface area (Å²) in [4.78, 5) is 17.6. The Bertz CT molecular complexity index is 705. The van der Waals surface area contributed by atoms with E-state index in [-0.39, 0.29) is 24.2 Å². The van der Waals surface area contributed by atoms with Gasteiger partial charge in [-0.1, -0.05) is 29.8 Å². The van der Waals surface area contributed by atoms with Crippen molar-refractivity contribution in [2.75, 3.05) is 18.5 Å². The summed E-state index contributed by atoms with van der Waals surface area (Å²) < 4.78 is 5.31. The van der Waals surface area contributed by atoms with E-state index in [0.29, 0.717) is 24.8 Å². The maximum atomic E-state index is 12.3. The number of nitrogens with zero attached hydrogens (tertiary/aromatic N) is 1. The molecular formula is C17H21Cl2N3O2S. The molecule has 25 heavy (non-hydrogen) atoms. The standard InChI is InChI=1S/C17H20ClN3O2S.ClH/c18-14-4-2-1-3-12(14)9-13-10-20-17(24-13)21-16(22)15(19)11-5-7-23-8-6-11;/h1-4,10-11,15H,5-9,19H2,(H,20,21,22);1H. The van der Waals surface area contributed by atoms with Crippen LogP contribution in [0.5, 0.6) is 0 Å². The van der Waals surface area contributed by atoms with Crippen LogP contribution >= 0.6 is 35.3 Å². The second-order valence-electron chi connectivity index (χ2n) is 5.86. The van der Waals surface area contributed by atoms with Crippen molar-refractivity contribution < 1.29 is 9.53 Å². The second kappa shape index (κ2) is 9.50. The summed E-state index contributed by atoms with van der Waals surface area (Å²) in [5.74, 6) is -0.0122. The van der Waals surface area contributed by atoms with E-state index >= 15 is 0 Å². The maximum absolute atomic E-state index is 12.3. The number of ether oxygens (including phenoxy) is 1. The largest absolute Gasteiger partial charge is 0.381 e. The van der Waals surface area contributed by atoms with Crippen LogP contribution in [0.25, 0.3) is 0 Å². The van der Waals surface area contributed by atoms with Gasteiger partial charge in [0.25, 0.3) is 0 Å². The number of thiazole rings is 1. The zero-order chi connectivity index (χ0) is 16.9. The van der Waals surface area contributed by atoms with Crippen LogP contribution in [0, 0.1) is 5.92 Å². The fourth-order valence-electron chi connectivity index (χ4n) is 2.75. The zero-order valence-corrected chi connectivity index (χ0v) is 16.0. The first-order valence-corrected chi connectivity index (χ1v) is 9.15. The molecule has 1 aliphatic rings. The van der Waals surface area contributed by atoms with Gasteiger partial charge in [-0.2, -0.15) is 0 Å². The molecule has 0 aliphatic carbocycles. The number of carbonyl (C=O) groups excluding carboxylic acids is 1. The smallest absolute Gasteiger partial charge is 0.243 e. The minimum atomic E-state index is -0.523. The van der Waals surface area contributed by atoms with E-state index < -0.39 is 6.04 Å². The lowest BCUT2D eigenvalue weighted by molar-refractivity contribution is -0.119. The van der Waals surface area contributed by atoms with Gasteiger partial charge in [0.2, 0.25) is 5.91 Å². The Labute approximate surface area is 162 Å². The van der Waals surface area contributed by atoms with Gasteiger partial charge in [0, 0.05) is 35.7 Å². The van der Waals surface area contributed by atoms with Crippen LogP contribution < -0.4 is 11.1 Å². The van der Waals surface area contributed by atoms with Crippen molar-refractivity contribution >= 4 is 46.4 Å². The number of carbonyl (C=O) groups is 1. The van der Waals surface area contributed by atoms with Crippen LogP contribution in [0.15, 0.2) is 30.5 Å². The number of rotatable bonds is 5. The molecule has 0 bridgehead atoms. The topological polar surface area (TPSA) is 77.2 Å². The van der Waals surface area contributed by atoms with Crippen molar-refractivity contribution in [2.45, 2.75) is 25.3 Å². The van der Waals surface area contributed by atoms with E-state index in [1.54, 1.807) is 6.20 Å². The Hall–Kier alpha value is -1.18. The first-order valence-electron chi connectivity index (χ1n) is 7.96. The number of nitrogens with two attached hydrogens (primary N) is 1. The third kappa shape index (κ3) is 5.39. The van der Waals surface area contributed by atoms with Gasteiger partial charge in [0.15, 0.2) is 5.13 Å². The van der Waals surface area contributed by atoms with Crippen molar-refractivity contribution in [3.63, 3.8) is 0 Å². The molecule has 1 fully saturated rings. The molecule has 2 aromatic rings. The molecular weight excluding hydrogens is 381 g/mol. The monoisotopic (exact) mass is 401 g/mol. The summed E-state index contributed by atoms with van der Waals surface area (Å²) in [6.45, 7) is 1.34. The lowest BCUT2D eigenvalue weighted by atomic mass is 9.92. The number of halogens is 2. The first kappa shape index (κ1) is 20.1. The van der Waals surface area contributed by atoms with Gasteiger partial charge in [-0.3, -0.25) is 4.79 Å². The minimum Gasteiger partial charge on any atom is -0.381 e. The molecule has 1 aliphatic heterocycles. The highest BCUT2D eigenvalue weighted by molar-refractivity contribution is 7.15. The average Bonchev–Trinajstić information content (AvgIpc) is 3.04. The molecule has 0 saturated carbocycles. The SMILES string of the molecule is Cl.NC(C(=O)Nc1ncc(Cc2ccccc2Cl)s1)C1CCOCC1. The molecule has 1 unspecified atom stereocenters. The summed E-state index contributed by atoms with van der Waals surface area (Å²) in [7, 11) is 0. The lowest BCUT2D eigenvalue weighted by Gasteiger charge is -2.26. The summed E-state index contributed by atoms with van der Waals surface area (Å²) in [5, 5.41) is 4.14. The molecule has 3 rings (SSSR count). The zero-order valence-electron chi connectivity index (χ0n) is 13.6. The molecule has 1 aromatic carbocycles. The van der Waals surface area contributed by atoms with E-state index in [2.05, 4.69) is 10.3 Å². The molecule has 3 N–H and O–H groups in total. The van der Waals surface area contributed by atoms with Crippen LogP contribution in [0.1, 0.15) is 23.3 Å². The van der Waals surface area contributed by atoms with Gasteiger partial charge in [-0.05, 0) is 30.4 Å². The summed E-state index contributed by atoms with van der Waals surface area (Å²) >= 11 is 7.63. The van der Waals surface area contributed by atoms with E-state index in [0.717, 1.165) is 28.3 Å². The van der Waals surface area contributed by atoms with Crippen LogP contribution in [0.4, 0.5) is 5.13 Å². The van der Waals surface area contributed by atoms with Crippen molar-refractivity contribution in [1.82, 2.24) is 4.98 Å². The van der Waals surface area contributed by atoms with Crippen LogP contribution in [0.3, 0.4) is 0 Å². The molecule has 136 valence electrons. The number of anilines is 1. The van der Waals surface area contributed by atoms with Crippen molar-refractivity contribution in [3.05, 3.63) is 45.9 Å². The number of amides is 1. The maximum Gasteiger partial charge on any atom is 0.243 e. The van der Waals surface area contributed by atoms with Gasteiger partial charge in [-0.25, -0.2) is 4.98 Å². The number of hydrogen-bond donors (Lipinski definition) is 2. The van der Waals surface area contributed by atoms with E-state index in [9.17, 15) is 4.79 Å². The van der Waals surface area contributed by atoms with Gasteiger partial charge < -0.3 is 15.8 Å². The van der Waals surface area contributed by atoms with E-state index in [4.69, 9.17) is 22.1 Å². The van der Waals surface area contributed by atoms with Crippen molar-refractivity contribution in [3.8, 4) is 0 Å². The minimum absolute atomic E-state index is 0. The first-order chi connectivity index (χ1) is 11.6. The van der Waals surface area contributed by atoms with Crippen molar-refractivity contribution in [2.24, 2.45) is 11.7 Å². The Morgan fingerprint density at radius 2 is 2.12 bits per heavy atom. The number of benzene rings is 1. The normalized spacial score (nSPS) is 16.1. The summed E-state index contributed by atoms with van der Waals surface area (Å²) in [5.41, 5.74) is 7.12. The molecule has 2 heterocycles. The number of nitrogens with one attached hydrogen (secondary N) is 1. The molecule has 1 atom stereocenters. The third-order valence-electron chi connectivity index (χ3n) is 4.18. The fourth-order valence-corrected chi connectivity index (χ4v) is 3.80. The van der Waals surface area contributed by atoms with Crippen LogP contribution in [-0.2, 0) is 16.0 Å². The Kier molecular flexibility index (Phi) is 7.65. The highest BCUT2D eigenvalue weighted by Gasteiger charge is 2.27. The van der Waals surface area contributed by atoms with Gasteiger partial charge in [-0.15, -0.1) is 23.7 Å². The predicted octanol–water partition coefficient (Wildman–Crippen LogP) is 3.50. The van der Waals surface area contributed by atoms with Gasteiger partial charge in [0.05, 0.1) is 6.04 Å². The molecule has 8 heteroatoms. The predicted molar refractivity (Wildman–Crippen MR) is 104 cm³/mol. The summed E-state index contributed by atoms with van der Waals surface area (Å²) in [6.07, 6.45) is 4.11. The lowest BCUT2D eigenvalue weighted by Crippen LogP contribution is -2.43. The average molecular weight is 402 g/mol. The molecule has 1 amide bonds. The fraction of sp³-hybridized carbons (Fsp3) is 0.412. The Morgan fingerprint density at radius 3 is 2.84 bits per heavy atom. The van der Waals surface area contributed by atoms with E-state index in [1.165, 1.54) is 11.3 Å². The Balaban J connectivity index is 0.00000225. The summed E-state index contributed by atoms with van der Waals surface area (Å²) in [6, 6.07) is 7.19. The van der Waals surface area contributed by atoms with Gasteiger partial charge >= 0.3 is 0 Å². The highest BCUT2D eigenvalue weighted by atomic mass is 35.5. The van der Waals surface area contributed by atoms with Gasteiger partial charge in [0.1, 0.15) is 0 Å². The quantitative estimate of drug-likeness (QED) is 0.803.